The Kier molecular flexibility index (Phi) is 5.76. The largest absolute Gasteiger partial charge is 0.334 e. The second-order valence-corrected chi connectivity index (χ2v) is 7.67. The molecule has 0 N–H and O–H groups in total. The zero-order chi connectivity index (χ0) is 19.7. The number of aromatic nitrogens is 2. The summed E-state index contributed by atoms with van der Waals surface area (Å²) in [7, 11) is 1.80. The van der Waals surface area contributed by atoms with E-state index in [0.717, 1.165) is 10.2 Å². The normalized spacial score (nSPS) is 18.0. The van der Waals surface area contributed by atoms with Gasteiger partial charge in [-0.25, -0.2) is 4.39 Å². The molecule has 1 aromatic carbocycles. The van der Waals surface area contributed by atoms with Gasteiger partial charge in [0, 0.05) is 38.3 Å². The summed E-state index contributed by atoms with van der Waals surface area (Å²) < 4.78 is 15.4. The van der Waals surface area contributed by atoms with E-state index >= 15 is 0 Å². The highest BCUT2D eigenvalue weighted by Gasteiger charge is 2.31. The Labute approximate surface area is 166 Å². The molecule has 0 bridgehead atoms. The number of hydrogen-bond donors (Lipinski definition) is 0. The third-order valence-corrected chi connectivity index (χ3v) is 5.98. The average molecular weight is 437 g/mol. The van der Waals surface area contributed by atoms with E-state index in [9.17, 15) is 14.0 Å². The number of aryl methyl sites for hydroxylation is 1. The summed E-state index contributed by atoms with van der Waals surface area (Å²) in [6.07, 6.45) is 0. The van der Waals surface area contributed by atoms with E-state index in [4.69, 9.17) is 0 Å². The summed E-state index contributed by atoms with van der Waals surface area (Å²) in [5, 5.41) is 4.30. The number of carbonyl (C=O) groups excluding carboxylic acids is 2. The average Bonchev–Trinajstić information content (AvgIpc) is 2.90. The summed E-state index contributed by atoms with van der Waals surface area (Å²) in [6.45, 7) is 5.80. The Morgan fingerprint density at radius 2 is 1.93 bits per heavy atom. The van der Waals surface area contributed by atoms with Crippen molar-refractivity contribution in [2.75, 3.05) is 26.2 Å². The maximum atomic E-state index is 13.0. The van der Waals surface area contributed by atoms with Gasteiger partial charge in [-0.3, -0.25) is 19.2 Å². The molecule has 1 saturated heterocycles. The lowest BCUT2D eigenvalue weighted by Crippen LogP contribution is -2.54. The van der Waals surface area contributed by atoms with E-state index in [-0.39, 0.29) is 30.1 Å². The van der Waals surface area contributed by atoms with Crippen LogP contribution in [0.5, 0.6) is 0 Å². The lowest BCUT2D eigenvalue weighted by atomic mass is 10.1. The molecule has 2 aromatic rings. The number of nitrogens with zero attached hydrogens (tertiary/aromatic N) is 4. The second kappa shape index (κ2) is 7.90. The van der Waals surface area contributed by atoms with Crippen molar-refractivity contribution in [2.24, 2.45) is 7.05 Å². The SMILES string of the molecule is Cc1c(Br)c(C(=O)N2CCN(CC(=O)c3ccc(F)cc3)[C@@H](C)C2)nn1C. The van der Waals surface area contributed by atoms with Crippen LogP contribution < -0.4 is 0 Å². The fourth-order valence-electron chi connectivity index (χ4n) is 3.19. The van der Waals surface area contributed by atoms with Crippen molar-refractivity contribution >= 4 is 27.6 Å². The Hall–Kier alpha value is -2.06. The first-order valence-corrected chi connectivity index (χ1v) is 9.58. The van der Waals surface area contributed by atoms with Gasteiger partial charge in [-0.05, 0) is 54.0 Å². The first-order chi connectivity index (χ1) is 12.8. The first-order valence-electron chi connectivity index (χ1n) is 8.79. The minimum absolute atomic E-state index is 0.0377. The molecule has 27 heavy (non-hydrogen) atoms. The molecule has 1 amide bonds. The van der Waals surface area contributed by atoms with Crippen molar-refractivity contribution in [3.63, 3.8) is 0 Å². The van der Waals surface area contributed by atoms with Gasteiger partial charge in [0.1, 0.15) is 5.82 Å². The summed E-state index contributed by atoms with van der Waals surface area (Å²) in [5.41, 5.74) is 1.81. The van der Waals surface area contributed by atoms with Gasteiger partial charge in [-0.2, -0.15) is 5.10 Å². The topological polar surface area (TPSA) is 58.4 Å². The van der Waals surface area contributed by atoms with Crippen LogP contribution in [0, 0.1) is 12.7 Å². The molecule has 144 valence electrons. The van der Waals surface area contributed by atoms with Gasteiger partial charge in [-0.1, -0.05) is 0 Å². The van der Waals surface area contributed by atoms with Crippen molar-refractivity contribution in [1.29, 1.82) is 0 Å². The number of ketones is 1. The van der Waals surface area contributed by atoms with Gasteiger partial charge in [0.15, 0.2) is 11.5 Å². The number of Topliss-reactive ketones (excluding diaryl/α,β-unsaturated/α-hetero) is 1. The molecule has 3 rings (SSSR count). The van der Waals surface area contributed by atoms with E-state index in [1.807, 2.05) is 18.7 Å². The fourth-order valence-corrected chi connectivity index (χ4v) is 3.70. The monoisotopic (exact) mass is 436 g/mol. The predicted molar refractivity (Wildman–Crippen MR) is 103 cm³/mol. The Morgan fingerprint density at radius 1 is 1.26 bits per heavy atom. The molecular weight excluding hydrogens is 415 g/mol. The van der Waals surface area contributed by atoms with Gasteiger partial charge in [-0.15, -0.1) is 0 Å². The Morgan fingerprint density at radius 3 is 2.48 bits per heavy atom. The summed E-state index contributed by atoms with van der Waals surface area (Å²) in [4.78, 5) is 29.1. The lowest BCUT2D eigenvalue weighted by molar-refractivity contribution is 0.0496. The fraction of sp³-hybridized carbons (Fsp3) is 0.421. The van der Waals surface area contributed by atoms with E-state index in [1.165, 1.54) is 24.3 Å². The first kappa shape index (κ1) is 19.7. The van der Waals surface area contributed by atoms with Crippen LogP contribution in [0.15, 0.2) is 28.7 Å². The molecule has 0 unspecified atom stereocenters. The zero-order valence-corrected chi connectivity index (χ0v) is 17.2. The molecule has 0 spiro atoms. The molecule has 1 atom stereocenters. The highest BCUT2D eigenvalue weighted by Crippen LogP contribution is 2.23. The number of hydrogen-bond acceptors (Lipinski definition) is 4. The van der Waals surface area contributed by atoms with E-state index in [1.54, 1.807) is 16.6 Å². The third-order valence-electron chi connectivity index (χ3n) is 5.03. The molecule has 1 aliphatic rings. The number of benzene rings is 1. The van der Waals surface area contributed by atoms with Gasteiger partial charge in [0.05, 0.1) is 16.7 Å². The van der Waals surface area contributed by atoms with Gasteiger partial charge in [0.25, 0.3) is 5.91 Å². The predicted octanol–water partition coefficient (Wildman–Crippen LogP) is 2.66. The van der Waals surface area contributed by atoms with Crippen molar-refractivity contribution < 1.29 is 14.0 Å². The van der Waals surface area contributed by atoms with Crippen LogP contribution in [0.2, 0.25) is 0 Å². The molecule has 1 aromatic heterocycles. The van der Waals surface area contributed by atoms with Gasteiger partial charge in [0.2, 0.25) is 0 Å². The molecule has 1 aliphatic heterocycles. The molecule has 2 heterocycles. The van der Waals surface area contributed by atoms with Crippen molar-refractivity contribution in [1.82, 2.24) is 19.6 Å². The third kappa shape index (κ3) is 4.11. The Balaban J connectivity index is 1.63. The number of rotatable bonds is 4. The molecule has 0 saturated carbocycles. The smallest absolute Gasteiger partial charge is 0.275 e. The van der Waals surface area contributed by atoms with Crippen LogP contribution >= 0.6 is 15.9 Å². The van der Waals surface area contributed by atoms with Crippen molar-refractivity contribution in [3.05, 3.63) is 51.5 Å². The molecule has 1 fully saturated rings. The van der Waals surface area contributed by atoms with E-state index < -0.39 is 0 Å². The standard InChI is InChI=1S/C19H22BrFN4O2/c1-12-10-25(19(27)18-17(20)13(2)23(3)22-18)9-8-24(12)11-16(26)14-4-6-15(21)7-5-14/h4-7,12H,8-11H2,1-3H3/t12-/m0/s1. The van der Waals surface area contributed by atoms with Crippen LogP contribution in [0.3, 0.4) is 0 Å². The summed E-state index contributed by atoms with van der Waals surface area (Å²) in [5.74, 6) is -0.519. The van der Waals surface area contributed by atoms with Gasteiger partial charge >= 0.3 is 0 Å². The lowest BCUT2D eigenvalue weighted by Gasteiger charge is -2.39. The molecule has 0 radical (unpaired) electrons. The molecule has 0 aliphatic carbocycles. The van der Waals surface area contributed by atoms with E-state index in [0.29, 0.717) is 30.9 Å². The second-order valence-electron chi connectivity index (χ2n) is 6.87. The zero-order valence-electron chi connectivity index (χ0n) is 15.6. The van der Waals surface area contributed by atoms with Crippen LogP contribution in [0.25, 0.3) is 0 Å². The summed E-state index contributed by atoms with van der Waals surface area (Å²) in [6, 6.07) is 5.63. The minimum atomic E-state index is -0.358. The maximum absolute atomic E-state index is 13.0. The van der Waals surface area contributed by atoms with Crippen LogP contribution in [-0.2, 0) is 7.05 Å². The number of carbonyl (C=O) groups is 2. The number of halogens is 2. The van der Waals surface area contributed by atoms with Gasteiger partial charge < -0.3 is 4.90 Å². The van der Waals surface area contributed by atoms with Crippen molar-refractivity contribution in [3.8, 4) is 0 Å². The maximum Gasteiger partial charge on any atom is 0.275 e. The molecular formula is C19H22BrFN4O2. The van der Waals surface area contributed by atoms with Crippen molar-refractivity contribution in [2.45, 2.75) is 19.9 Å². The number of amides is 1. The summed E-state index contributed by atoms with van der Waals surface area (Å²) >= 11 is 3.45. The minimum Gasteiger partial charge on any atom is -0.334 e. The van der Waals surface area contributed by atoms with Crippen LogP contribution in [0.4, 0.5) is 4.39 Å². The number of piperazine rings is 1. The highest BCUT2D eigenvalue weighted by molar-refractivity contribution is 9.10. The van der Waals surface area contributed by atoms with Crippen LogP contribution in [0.1, 0.15) is 33.5 Å². The van der Waals surface area contributed by atoms with E-state index in [2.05, 4.69) is 21.0 Å². The highest BCUT2D eigenvalue weighted by atomic mass is 79.9. The quantitative estimate of drug-likeness (QED) is 0.691. The van der Waals surface area contributed by atoms with Crippen LogP contribution in [-0.4, -0.2) is 63.5 Å². The molecule has 8 heteroatoms. The Bertz CT molecular complexity index is 865. The molecule has 6 nitrogen and oxygen atoms in total.